The number of thioether (sulfide) groups is 1. The van der Waals surface area contributed by atoms with Gasteiger partial charge in [0, 0.05) is 10.5 Å². The summed E-state index contributed by atoms with van der Waals surface area (Å²) in [5, 5.41) is 10.8. The number of rotatable bonds is 4. The van der Waals surface area contributed by atoms with Crippen LogP contribution in [0.1, 0.15) is 28.5 Å². The Morgan fingerprint density at radius 3 is 2.67 bits per heavy atom. The van der Waals surface area contributed by atoms with E-state index in [9.17, 15) is 4.79 Å². The fourth-order valence-electron chi connectivity index (χ4n) is 3.22. The lowest BCUT2D eigenvalue weighted by Gasteiger charge is -2.29. The Morgan fingerprint density at radius 1 is 1.12 bits per heavy atom. The molecular formula is C19H17NO3S. The minimum Gasteiger partial charge on any atom is -0.479 e. The maximum atomic E-state index is 11.0. The molecule has 1 aliphatic carbocycles. The van der Waals surface area contributed by atoms with Crippen LogP contribution < -0.4 is 0 Å². The summed E-state index contributed by atoms with van der Waals surface area (Å²) < 4.78 is 0. The fraction of sp³-hybridized carbons (Fsp3) is 0.211. The molecule has 2 aliphatic rings. The zero-order chi connectivity index (χ0) is 16.5. The maximum Gasteiger partial charge on any atom is 0.332 e. The first-order chi connectivity index (χ1) is 11.7. The van der Waals surface area contributed by atoms with Crippen LogP contribution in [0.4, 0.5) is 0 Å². The standard InChI is InChI=1S/C19H17NO3S/c21-17(22)12-23-20-18-15-9-5-4-6-13(15)10-11-16(18)24-19(20)14-7-2-1-3-8-14/h1-9,19H,10-12H2,(H,21,22). The van der Waals surface area contributed by atoms with Gasteiger partial charge in [-0.1, -0.05) is 66.4 Å². The summed E-state index contributed by atoms with van der Waals surface area (Å²) in [6.45, 7) is -0.344. The first-order valence-corrected chi connectivity index (χ1v) is 8.79. The third-order valence-electron chi connectivity index (χ3n) is 4.26. The van der Waals surface area contributed by atoms with Gasteiger partial charge < -0.3 is 5.11 Å². The van der Waals surface area contributed by atoms with Crippen LogP contribution in [0.5, 0.6) is 0 Å². The quantitative estimate of drug-likeness (QED) is 0.910. The van der Waals surface area contributed by atoms with Crippen molar-refractivity contribution in [3.63, 3.8) is 0 Å². The fourth-order valence-corrected chi connectivity index (χ4v) is 4.58. The minimum atomic E-state index is -0.968. The summed E-state index contributed by atoms with van der Waals surface area (Å²) in [4.78, 5) is 18.0. The molecule has 0 spiro atoms. The SMILES string of the molecule is O=C(O)CON1C2=C(CCc3ccccc32)SC1c1ccccc1. The molecule has 0 bridgehead atoms. The van der Waals surface area contributed by atoms with Crippen LogP contribution in [0.2, 0.25) is 0 Å². The van der Waals surface area contributed by atoms with Crippen LogP contribution in [-0.2, 0) is 16.1 Å². The van der Waals surface area contributed by atoms with Crippen molar-refractivity contribution in [2.45, 2.75) is 18.2 Å². The molecule has 1 unspecified atom stereocenters. The van der Waals surface area contributed by atoms with Crippen LogP contribution in [0.3, 0.4) is 0 Å². The van der Waals surface area contributed by atoms with Crippen LogP contribution >= 0.6 is 11.8 Å². The van der Waals surface area contributed by atoms with Gasteiger partial charge in [0.25, 0.3) is 0 Å². The molecule has 4 rings (SSSR count). The lowest BCUT2D eigenvalue weighted by atomic mass is 9.94. The van der Waals surface area contributed by atoms with Gasteiger partial charge in [-0.15, -0.1) is 0 Å². The Morgan fingerprint density at radius 2 is 1.88 bits per heavy atom. The van der Waals surface area contributed by atoms with Gasteiger partial charge in [0.15, 0.2) is 6.61 Å². The monoisotopic (exact) mass is 339 g/mol. The maximum absolute atomic E-state index is 11.0. The highest BCUT2D eigenvalue weighted by Gasteiger charge is 2.38. The summed E-state index contributed by atoms with van der Waals surface area (Å²) in [6.07, 6.45) is 1.98. The molecule has 2 aromatic rings. The van der Waals surface area contributed by atoms with Gasteiger partial charge in [0.05, 0.1) is 5.70 Å². The van der Waals surface area contributed by atoms with Gasteiger partial charge in [-0.2, -0.15) is 0 Å². The number of nitrogens with zero attached hydrogens (tertiary/aromatic N) is 1. The average Bonchev–Trinajstić information content (AvgIpc) is 3.00. The number of carboxylic acid groups (broad SMARTS) is 1. The molecule has 4 nitrogen and oxygen atoms in total. The third kappa shape index (κ3) is 2.70. The van der Waals surface area contributed by atoms with Gasteiger partial charge in [-0.25, -0.2) is 9.86 Å². The largest absolute Gasteiger partial charge is 0.479 e. The molecule has 0 radical (unpaired) electrons. The molecule has 5 heteroatoms. The second-order valence-electron chi connectivity index (χ2n) is 5.80. The molecular weight excluding hydrogens is 322 g/mol. The Kier molecular flexibility index (Phi) is 4.04. The number of aliphatic carboxylic acids is 1. The predicted octanol–water partition coefficient (Wildman–Crippen LogP) is 4.07. The van der Waals surface area contributed by atoms with E-state index in [1.807, 2.05) is 30.3 Å². The number of allylic oxidation sites excluding steroid dienone is 1. The highest BCUT2D eigenvalue weighted by atomic mass is 32.2. The Bertz CT molecular complexity index is 803. The van der Waals surface area contributed by atoms with E-state index in [2.05, 4.69) is 24.3 Å². The second kappa shape index (κ2) is 6.34. The van der Waals surface area contributed by atoms with Gasteiger partial charge >= 0.3 is 5.97 Å². The van der Waals surface area contributed by atoms with E-state index in [0.29, 0.717) is 0 Å². The van der Waals surface area contributed by atoms with Gasteiger partial charge in [-0.3, -0.25) is 4.84 Å². The van der Waals surface area contributed by atoms with E-state index in [4.69, 9.17) is 9.94 Å². The number of fused-ring (bicyclic) bond motifs is 2. The molecule has 1 N–H and O–H groups in total. The third-order valence-corrected chi connectivity index (χ3v) is 5.63. The molecule has 2 aromatic carbocycles. The highest BCUT2D eigenvalue weighted by Crippen LogP contribution is 2.54. The lowest BCUT2D eigenvalue weighted by molar-refractivity contribution is -0.164. The molecule has 24 heavy (non-hydrogen) atoms. The first-order valence-electron chi connectivity index (χ1n) is 7.91. The predicted molar refractivity (Wildman–Crippen MR) is 93.9 cm³/mol. The van der Waals surface area contributed by atoms with Crippen molar-refractivity contribution in [3.8, 4) is 0 Å². The van der Waals surface area contributed by atoms with Crippen LogP contribution in [-0.4, -0.2) is 22.7 Å². The number of aryl methyl sites for hydroxylation is 1. The van der Waals surface area contributed by atoms with Crippen molar-refractivity contribution in [2.75, 3.05) is 6.61 Å². The van der Waals surface area contributed by atoms with E-state index < -0.39 is 5.97 Å². The van der Waals surface area contributed by atoms with Gasteiger partial charge in [0.1, 0.15) is 5.37 Å². The van der Waals surface area contributed by atoms with Crippen LogP contribution in [0.15, 0.2) is 59.5 Å². The molecule has 0 fully saturated rings. The molecule has 0 aromatic heterocycles. The molecule has 1 heterocycles. The van der Waals surface area contributed by atoms with E-state index in [1.54, 1.807) is 16.8 Å². The van der Waals surface area contributed by atoms with Crippen molar-refractivity contribution in [2.24, 2.45) is 0 Å². The molecule has 1 atom stereocenters. The number of hydrogen-bond acceptors (Lipinski definition) is 4. The van der Waals surface area contributed by atoms with Crippen molar-refractivity contribution in [1.29, 1.82) is 0 Å². The Balaban J connectivity index is 1.74. The van der Waals surface area contributed by atoms with Crippen molar-refractivity contribution in [1.82, 2.24) is 5.06 Å². The zero-order valence-electron chi connectivity index (χ0n) is 13.0. The second-order valence-corrected chi connectivity index (χ2v) is 6.98. The first kappa shape index (κ1) is 15.3. The number of carboxylic acids is 1. The number of carbonyl (C=O) groups is 1. The zero-order valence-corrected chi connectivity index (χ0v) is 13.8. The normalized spacial score (nSPS) is 19.2. The smallest absolute Gasteiger partial charge is 0.332 e. The Labute approximate surface area is 144 Å². The van der Waals surface area contributed by atoms with Crippen molar-refractivity contribution in [3.05, 3.63) is 76.2 Å². The molecule has 0 saturated carbocycles. The van der Waals surface area contributed by atoms with Crippen LogP contribution in [0, 0.1) is 0 Å². The molecule has 0 saturated heterocycles. The minimum absolute atomic E-state index is 0.0540. The topological polar surface area (TPSA) is 49.8 Å². The summed E-state index contributed by atoms with van der Waals surface area (Å²) >= 11 is 1.76. The summed E-state index contributed by atoms with van der Waals surface area (Å²) in [7, 11) is 0. The number of benzene rings is 2. The van der Waals surface area contributed by atoms with Gasteiger partial charge in [0.2, 0.25) is 0 Å². The van der Waals surface area contributed by atoms with Crippen molar-refractivity contribution >= 4 is 23.4 Å². The van der Waals surface area contributed by atoms with E-state index in [1.165, 1.54) is 10.5 Å². The average molecular weight is 339 g/mol. The van der Waals surface area contributed by atoms with E-state index in [-0.39, 0.29) is 12.0 Å². The highest BCUT2D eigenvalue weighted by molar-refractivity contribution is 8.03. The Hall–Kier alpha value is -2.24. The van der Waals surface area contributed by atoms with Crippen LogP contribution in [0.25, 0.3) is 5.70 Å². The number of hydrogen-bond donors (Lipinski definition) is 1. The lowest BCUT2D eigenvalue weighted by Crippen LogP contribution is -2.26. The molecule has 1 aliphatic heterocycles. The summed E-state index contributed by atoms with van der Waals surface area (Å²) in [5.41, 5.74) is 4.57. The molecule has 0 amide bonds. The van der Waals surface area contributed by atoms with E-state index in [0.717, 1.165) is 29.7 Å². The van der Waals surface area contributed by atoms with Crippen molar-refractivity contribution < 1.29 is 14.7 Å². The van der Waals surface area contributed by atoms with E-state index >= 15 is 0 Å². The molecule has 122 valence electrons. The summed E-state index contributed by atoms with van der Waals surface area (Å²) in [5.74, 6) is -0.968. The number of hydroxylamine groups is 2. The van der Waals surface area contributed by atoms with Gasteiger partial charge in [-0.05, 0) is 24.0 Å². The summed E-state index contributed by atoms with van der Waals surface area (Å²) in [6, 6.07) is 18.4.